The Kier molecular flexibility index (Phi) is 8.38. The Labute approximate surface area is 135 Å². The van der Waals surface area contributed by atoms with Crippen LogP contribution in [0.5, 0.6) is 5.75 Å². The molecule has 0 aromatic heterocycles. The van der Waals surface area contributed by atoms with Gasteiger partial charge in [0.05, 0.1) is 19.3 Å². The van der Waals surface area contributed by atoms with Crippen LogP contribution in [-0.4, -0.2) is 42.7 Å². The molecule has 0 atom stereocenters. The van der Waals surface area contributed by atoms with Gasteiger partial charge in [0.15, 0.2) is 0 Å². The summed E-state index contributed by atoms with van der Waals surface area (Å²) in [4.78, 5) is 14.3. The van der Waals surface area contributed by atoms with Crippen LogP contribution in [0.15, 0.2) is 22.7 Å². The minimum Gasteiger partial charge on any atom is -0.496 e. The van der Waals surface area contributed by atoms with Gasteiger partial charge in [0.1, 0.15) is 5.75 Å². The van der Waals surface area contributed by atoms with Gasteiger partial charge in [-0.3, -0.25) is 4.79 Å². The monoisotopic (exact) mass is 357 g/mol. The van der Waals surface area contributed by atoms with Crippen molar-refractivity contribution in [2.45, 2.75) is 32.6 Å². The Hall–Kier alpha value is -1.07. The highest BCUT2D eigenvalue weighted by atomic mass is 79.9. The van der Waals surface area contributed by atoms with Crippen LogP contribution in [0.4, 0.5) is 0 Å². The SMILES string of the molecule is CCCCCCN(CCO)C(=O)c1ccc(Br)cc1OC. The summed E-state index contributed by atoms with van der Waals surface area (Å²) in [6.45, 7) is 3.14. The molecule has 1 N–H and O–H groups in total. The third-order valence-electron chi connectivity index (χ3n) is 3.33. The normalized spacial score (nSPS) is 10.5. The fourth-order valence-electron chi connectivity index (χ4n) is 2.18. The number of hydrogen-bond acceptors (Lipinski definition) is 3. The Bertz CT molecular complexity index is 451. The zero-order chi connectivity index (χ0) is 15.7. The quantitative estimate of drug-likeness (QED) is 0.688. The van der Waals surface area contributed by atoms with Gasteiger partial charge in [-0.25, -0.2) is 0 Å². The van der Waals surface area contributed by atoms with E-state index in [2.05, 4.69) is 22.9 Å². The molecule has 0 aliphatic rings. The van der Waals surface area contributed by atoms with E-state index in [-0.39, 0.29) is 12.5 Å². The minimum absolute atomic E-state index is 0.0294. The molecule has 1 aromatic carbocycles. The van der Waals surface area contributed by atoms with Crippen molar-refractivity contribution in [2.75, 3.05) is 26.8 Å². The first-order chi connectivity index (χ1) is 10.1. The predicted octanol–water partition coefficient (Wildman–Crippen LogP) is 3.47. The molecule has 0 heterocycles. The summed E-state index contributed by atoms with van der Waals surface area (Å²) in [6.07, 6.45) is 4.39. The largest absolute Gasteiger partial charge is 0.496 e. The van der Waals surface area contributed by atoms with Gasteiger partial charge in [-0.05, 0) is 24.6 Å². The summed E-state index contributed by atoms with van der Waals surface area (Å²) < 4.78 is 6.15. The molecule has 0 unspecified atom stereocenters. The predicted molar refractivity (Wildman–Crippen MR) is 87.8 cm³/mol. The van der Waals surface area contributed by atoms with Gasteiger partial charge in [0.25, 0.3) is 5.91 Å². The van der Waals surface area contributed by atoms with Crippen molar-refractivity contribution in [3.63, 3.8) is 0 Å². The second kappa shape index (κ2) is 9.79. The molecule has 0 saturated heterocycles. The van der Waals surface area contributed by atoms with Crippen LogP contribution >= 0.6 is 15.9 Å². The zero-order valence-electron chi connectivity index (χ0n) is 12.8. The van der Waals surface area contributed by atoms with Crippen LogP contribution in [0.25, 0.3) is 0 Å². The summed E-state index contributed by atoms with van der Waals surface area (Å²) in [5.41, 5.74) is 0.532. The molecule has 0 radical (unpaired) electrons. The van der Waals surface area contributed by atoms with Gasteiger partial charge in [0.2, 0.25) is 0 Å². The van der Waals surface area contributed by atoms with E-state index in [1.54, 1.807) is 24.1 Å². The molecule has 5 heteroatoms. The summed E-state index contributed by atoms with van der Waals surface area (Å²) in [5.74, 6) is 0.454. The van der Waals surface area contributed by atoms with E-state index in [1.807, 2.05) is 6.07 Å². The number of benzene rings is 1. The molecule has 118 valence electrons. The number of halogens is 1. The Morgan fingerprint density at radius 1 is 1.29 bits per heavy atom. The molecule has 0 aliphatic carbocycles. The third-order valence-corrected chi connectivity index (χ3v) is 3.83. The molecule has 1 amide bonds. The number of aliphatic hydroxyl groups excluding tert-OH is 1. The van der Waals surface area contributed by atoms with Crippen LogP contribution in [0.1, 0.15) is 43.0 Å². The summed E-state index contributed by atoms with van der Waals surface area (Å²) in [5, 5.41) is 9.17. The number of carbonyl (C=O) groups is 1. The van der Waals surface area contributed by atoms with Gasteiger partial charge < -0.3 is 14.7 Å². The zero-order valence-corrected chi connectivity index (χ0v) is 14.4. The third kappa shape index (κ3) is 5.67. The Morgan fingerprint density at radius 3 is 2.67 bits per heavy atom. The standard InChI is InChI=1S/C16H24BrNO3/c1-3-4-5-6-9-18(10-11-19)16(20)14-8-7-13(17)12-15(14)21-2/h7-8,12,19H,3-6,9-11H2,1-2H3. The van der Waals surface area contributed by atoms with E-state index in [0.29, 0.717) is 24.4 Å². The summed E-state index contributed by atoms with van der Waals surface area (Å²) in [7, 11) is 1.55. The number of unbranched alkanes of at least 4 members (excludes halogenated alkanes) is 3. The second-order valence-corrected chi connectivity index (χ2v) is 5.84. The van der Waals surface area contributed by atoms with Crippen LogP contribution in [0, 0.1) is 0 Å². The Morgan fingerprint density at radius 2 is 2.05 bits per heavy atom. The fraction of sp³-hybridized carbons (Fsp3) is 0.562. The van der Waals surface area contributed by atoms with Crippen LogP contribution in [0.3, 0.4) is 0 Å². The van der Waals surface area contributed by atoms with Crippen molar-refractivity contribution >= 4 is 21.8 Å². The molecule has 0 fully saturated rings. The first-order valence-electron chi connectivity index (χ1n) is 7.37. The molecule has 21 heavy (non-hydrogen) atoms. The van der Waals surface area contributed by atoms with E-state index in [4.69, 9.17) is 4.74 Å². The lowest BCUT2D eigenvalue weighted by atomic mass is 10.1. The molecule has 0 bridgehead atoms. The van der Waals surface area contributed by atoms with Gasteiger partial charge in [-0.2, -0.15) is 0 Å². The molecule has 1 rings (SSSR count). The van der Waals surface area contributed by atoms with Crippen LogP contribution in [-0.2, 0) is 0 Å². The molecule has 4 nitrogen and oxygen atoms in total. The number of aliphatic hydroxyl groups is 1. The fourth-order valence-corrected chi connectivity index (χ4v) is 2.52. The highest BCUT2D eigenvalue weighted by molar-refractivity contribution is 9.10. The lowest BCUT2D eigenvalue weighted by Gasteiger charge is -2.23. The van der Waals surface area contributed by atoms with Crippen LogP contribution in [0.2, 0.25) is 0 Å². The highest BCUT2D eigenvalue weighted by Gasteiger charge is 2.19. The lowest BCUT2D eigenvalue weighted by molar-refractivity contribution is 0.0715. The second-order valence-electron chi connectivity index (χ2n) is 4.92. The first-order valence-corrected chi connectivity index (χ1v) is 8.17. The number of hydrogen-bond donors (Lipinski definition) is 1. The maximum atomic E-state index is 12.6. The average Bonchev–Trinajstić information content (AvgIpc) is 2.49. The maximum Gasteiger partial charge on any atom is 0.257 e. The molecule has 1 aromatic rings. The van der Waals surface area contributed by atoms with Crippen molar-refractivity contribution in [1.82, 2.24) is 4.90 Å². The van der Waals surface area contributed by atoms with E-state index in [1.165, 1.54) is 6.42 Å². The lowest BCUT2D eigenvalue weighted by Crippen LogP contribution is -2.34. The van der Waals surface area contributed by atoms with Gasteiger partial charge in [-0.1, -0.05) is 42.1 Å². The minimum atomic E-state index is -0.0927. The van der Waals surface area contributed by atoms with E-state index in [9.17, 15) is 9.90 Å². The van der Waals surface area contributed by atoms with E-state index >= 15 is 0 Å². The molecular formula is C16H24BrNO3. The van der Waals surface area contributed by atoms with Gasteiger partial charge in [0, 0.05) is 17.6 Å². The van der Waals surface area contributed by atoms with Gasteiger partial charge in [-0.15, -0.1) is 0 Å². The highest BCUT2D eigenvalue weighted by Crippen LogP contribution is 2.24. The maximum absolute atomic E-state index is 12.6. The number of amides is 1. The topological polar surface area (TPSA) is 49.8 Å². The smallest absolute Gasteiger partial charge is 0.257 e. The van der Waals surface area contributed by atoms with E-state index < -0.39 is 0 Å². The van der Waals surface area contributed by atoms with E-state index in [0.717, 1.165) is 23.7 Å². The van der Waals surface area contributed by atoms with Crippen LogP contribution < -0.4 is 4.74 Å². The summed E-state index contributed by atoms with van der Waals surface area (Å²) >= 11 is 3.37. The number of methoxy groups -OCH3 is 1. The number of nitrogens with zero attached hydrogens (tertiary/aromatic N) is 1. The van der Waals surface area contributed by atoms with Crippen molar-refractivity contribution in [2.24, 2.45) is 0 Å². The molecule has 0 saturated carbocycles. The average molecular weight is 358 g/mol. The van der Waals surface area contributed by atoms with Crippen molar-refractivity contribution in [3.05, 3.63) is 28.2 Å². The van der Waals surface area contributed by atoms with Crippen molar-refractivity contribution in [3.8, 4) is 5.75 Å². The number of rotatable bonds is 9. The molecular weight excluding hydrogens is 334 g/mol. The number of ether oxygens (including phenoxy) is 1. The molecule has 0 aliphatic heterocycles. The number of carbonyl (C=O) groups excluding carboxylic acids is 1. The van der Waals surface area contributed by atoms with Crippen molar-refractivity contribution < 1.29 is 14.6 Å². The first kappa shape index (κ1) is 18.0. The molecule has 0 spiro atoms. The summed E-state index contributed by atoms with van der Waals surface area (Å²) in [6, 6.07) is 5.35. The van der Waals surface area contributed by atoms with Crippen molar-refractivity contribution in [1.29, 1.82) is 0 Å². The van der Waals surface area contributed by atoms with Gasteiger partial charge >= 0.3 is 0 Å². The Balaban J connectivity index is 2.80.